The van der Waals surface area contributed by atoms with E-state index >= 15 is 0 Å². The summed E-state index contributed by atoms with van der Waals surface area (Å²) in [5, 5.41) is 3.50. The molecular formula is C12H24N2S. The Morgan fingerprint density at radius 2 is 2.13 bits per heavy atom. The molecule has 0 radical (unpaired) electrons. The predicted octanol–water partition coefficient (Wildman–Crippen LogP) is 1.67. The molecule has 2 heterocycles. The lowest BCUT2D eigenvalue weighted by Crippen LogP contribution is -2.38. The maximum atomic E-state index is 3.50. The van der Waals surface area contributed by atoms with Crippen LogP contribution in [0.2, 0.25) is 0 Å². The maximum absolute atomic E-state index is 3.50. The Morgan fingerprint density at radius 1 is 1.27 bits per heavy atom. The van der Waals surface area contributed by atoms with Crippen molar-refractivity contribution in [1.29, 1.82) is 0 Å². The van der Waals surface area contributed by atoms with Gasteiger partial charge in [-0.3, -0.25) is 0 Å². The minimum Gasteiger partial charge on any atom is -0.316 e. The van der Waals surface area contributed by atoms with E-state index in [-0.39, 0.29) is 0 Å². The standard InChI is InChI=1S/C12H24N2S/c1-14(9-12-4-6-15-10-12)8-11-3-2-5-13-7-11/h11-13H,2-10H2,1H3. The second-order valence-corrected chi connectivity index (χ2v) is 6.31. The van der Waals surface area contributed by atoms with Crippen molar-refractivity contribution >= 4 is 11.8 Å². The van der Waals surface area contributed by atoms with Crippen molar-refractivity contribution in [3.8, 4) is 0 Å². The Kier molecular flexibility index (Phi) is 4.79. The minimum atomic E-state index is 0.901. The lowest BCUT2D eigenvalue weighted by Gasteiger charge is -2.28. The Balaban J connectivity index is 1.64. The molecule has 2 saturated heterocycles. The quantitative estimate of drug-likeness (QED) is 0.788. The van der Waals surface area contributed by atoms with Gasteiger partial charge in [0.15, 0.2) is 0 Å². The van der Waals surface area contributed by atoms with Gasteiger partial charge in [0.1, 0.15) is 0 Å². The number of piperidine rings is 1. The Bertz CT molecular complexity index is 174. The molecule has 2 atom stereocenters. The fourth-order valence-electron chi connectivity index (χ4n) is 2.76. The predicted molar refractivity (Wildman–Crippen MR) is 68.5 cm³/mol. The van der Waals surface area contributed by atoms with Crippen LogP contribution in [0.1, 0.15) is 19.3 Å². The topological polar surface area (TPSA) is 15.3 Å². The lowest BCUT2D eigenvalue weighted by molar-refractivity contribution is 0.221. The second kappa shape index (κ2) is 6.12. The number of hydrogen-bond donors (Lipinski definition) is 1. The van der Waals surface area contributed by atoms with Crippen LogP contribution in [0.15, 0.2) is 0 Å². The van der Waals surface area contributed by atoms with Crippen LogP contribution in [0.5, 0.6) is 0 Å². The van der Waals surface area contributed by atoms with Gasteiger partial charge in [-0.05, 0) is 62.7 Å². The van der Waals surface area contributed by atoms with Gasteiger partial charge in [0, 0.05) is 13.1 Å². The number of nitrogens with one attached hydrogen (secondary N) is 1. The SMILES string of the molecule is CN(CC1CCCNC1)CC1CCSC1. The average molecular weight is 228 g/mol. The molecule has 0 aromatic heterocycles. The first-order chi connectivity index (χ1) is 7.34. The third kappa shape index (κ3) is 3.97. The molecule has 2 rings (SSSR count). The van der Waals surface area contributed by atoms with E-state index in [1.165, 1.54) is 56.9 Å². The van der Waals surface area contributed by atoms with Crippen molar-refractivity contribution in [2.75, 3.05) is 44.7 Å². The molecule has 1 N–H and O–H groups in total. The fourth-order valence-corrected chi connectivity index (χ4v) is 4.04. The van der Waals surface area contributed by atoms with Crippen LogP contribution in [0.3, 0.4) is 0 Å². The highest BCUT2D eigenvalue weighted by Gasteiger charge is 2.20. The van der Waals surface area contributed by atoms with E-state index in [1.54, 1.807) is 0 Å². The molecular weight excluding hydrogens is 204 g/mol. The zero-order chi connectivity index (χ0) is 10.5. The van der Waals surface area contributed by atoms with Gasteiger partial charge >= 0.3 is 0 Å². The second-order valence-electron chi connectivity index (χ2n) is 5.16. The van der Waals surface area contributed by atoms with Gasteiger partial charge in [0.2, 0.25) is 0 Å². The van der Waals surface area contributed by atoms with Crippen molar-refractivity contribution in [1.82, 2.24) is 10.2 Å². The molecule has 2 fully saturated rings. The van der Waals surface area contributed by atoms with Gasteiger partial charge in [0.25, 0.3) is 0 Å². The Labute approximate surface area is 98.2 Å². The molecule has 2 nitrogen and oxygen atoms in total. The molecule has 0 aromatic carbocycles. The smallest absolute Gasteiger partial charge is 0.00189 e. The molecule has 2 unspecified atom stereocenters. The third-order valence-corrected chi connectivity index (χ3v) is 4.79. The van der Waals surface area contributed by atoms with Crippen molar-refractivity contribution in [3.63, 3.8) is 0 Å². The summed E-state index contributed by atoms with van der Waals surface area (Å²) in [7, 11) is 2.30. The van der Waals surface area contributed by atoms with E-state index < -0.39 is 0 Å². The van der Waals surface area contributed by atoms with Gasteiger partial charge in [-0.25, -0.2) is 0 Å². The molecule has 0 aromatic rings. The monoisotopic (exact) mass is 228 g/mol. The molecule has 2 aliphatic heterocycles. The van der Waals surface area contributed by atoms with Gasteiger partial charge in [-0.1, -0.05) is 0 Å². The summed E-state index contributed by atoms with van der Waals surface area (Å²) >= 11 is 2.13. The van der Waals surface area contributed by atoms with E-state index in [1.807, 2.05) is 0 Å². The minimum absolute atomic E-state index is 0.901. The third-order valence-electron chi connectivity index (χ3n) is 3.56. The summed E-state index contributed by atoms with van der Waals surface area (Å²) in [5.74, 6) is 4.66. The van der Waals surface area contributed by atoms with E-state index in [4.69, 9.17) is 0 Å². The van der Waals surface area contributed by atoms with E-state index in [0.717, 1.165) is 11.8 Å². The fraction of sp³-hybridized carbons (Fsp3) is 1.00. The summed E-state index contributed by atoms with van der Waals surface area (Å²) in [4.78, 5) is 2.56. The van der Waals surface area contributed by atoms with Crippen LogP contribution in [0.4, 0.5) is 0 Å². The van der Waals surface area contributed by atoms with Crippen LogP contribution < -0.4 is 5.32 Å². The highest BCUT2D eigenvalue weighted by Crippen LogP contribution is 2.24. The van der Waals surface area contributed by atoms with Crippen molar-refractivity contribution in [3.05, 3.63) is 0 Å². The van der Waals surface area contributed by atoms with Crippen LogP contribution in [0.25, 0.3) is 0 Å². The lowest BCUT2D eigenvalue weighted by atomic mass is 9.98. The normalized spacial score (nSPS) is 32.4. The first-order valence-electron chi connectivity index (χ1n) is 6.31. The zero-order valence-electron chi connectivity index (χ0n) is 9.87. The molecule has 15 heavy (non-hydrogen) atoms. The van der Waals surface area contributed by atoms with Gasteiger partial charge in [-0.15, -0.1) is 0 Å². The summed E-state index contributed by atoms with van der Waals surface area (Å²) in [6.45, 7) is 5.10. The highest BCUT2D eigenvalue weighted by atomic mass is 32.2. The molecule has 0 aliphatic carbocycles. The molecule has 0 saturated carbocycles. The number of hydrogen-bond acceptors (Lipinski definition) is 3. The molecule has 3 heteroatoms. The summed E-state index contributed by atoms with van der Waals surface area (Å²) in [5.41, 5.74) is 0. The molecule has 0 bridgehead atoms. The van der Waals surface area contributed by atoms with Gasteiger partial charge in [0.05, 0.1) is 0 Å². The number of rotatable bonds is 4. The van der Waals surface area contributed by atoms with Crippen LogP contribution in [-0.2, 0) is 0 Å². The van der Waals surface area contributed by atoms with Crippen molar-refractivity contribution < 1.29 is 0 Å². The largest absolute Gasteiger partial charge is 0.316 e. The van der Waals surface area contributed by atoms with E-state index in [2.05, 4.69) is 29.0 Å². The highest BCUT2D eigenvalue weighted by molar-refractivity contribution is 7.99. The van der Waals surface area contributed by atoms with Crippen LogP contribution in [-0.4, -0.2) is 49.6 Å². The van der Waals surface area contributed by atoms with Crippen molar-refractivity contribution in [2.45, 2.75) is 19.3 Å². The van der Waals surface area contributed by atoms with E-state index in [0.29, 0.717) is 0 Å². The summed E-state index contributed by atoms with van der Waals surface area (Å²) in [6, 6.07) is 0. The number of thioether (sulfide) groups is 1. The average Bonchev–Trinajstić information content (AvgIpc) is 2.71. The summed E-state index contributed by atoms with van der Waals surface area (Å²) in [6.07, 6.45) is 4.24. The Hall–Kier alpha value is 0.270. The molecule has 0 spiro atoms. The maximum Gasteiger partial charge on any atom is 0.00189 e. The van der Waals surface area contributed by atoms with E-state index in [9.17, 15) is 0 Å². The first kappa shape index (κ1) is 11.7. The zero-order valence-corrected chi connectivity index (χ0v) is 10.7. The van der Waals surface area contributed by atoms with Gasteiger partial charge < -0.3 is 10.2 Å². The van der Waals surface area contributed by atoms with Crippen LogP contribution in [0, 0.1) is 11.8 Å². The first-order valence-corrected chi connectivity index (χ1v) is 7.47. The summed E-state index contributed by atoms with van der Waals surface area (Å²) < 4.78 is 0. The Morgan fingerprint density at radius 3 is 2.80 bits per heavy atom. The number of nitrogens with zero attached hydrogens (tertiary/aromatic N) is 1. The van der Waals surface area contributed by atoms with Gasteiger partial charge in [-0.2, -0.15) is 11.8 Å². The molecule has 2 aliphatic rings. The molecule has 88 valence electrons. The molecule has 0 amide bonds. The van der Waals surface area contributed by atoms with Crippen molar-refractivity contribution in [2.24, 2.45) is 11.8 Å². The van der Waals surface area contributed by atoms with Crippen LogP contribution >= 0.6 is 11.8 Å².